The van der Waals surface area contributed by atoms with Crippen molar-refractivity contribution in [2.75, 3.05) is 19.6 Å². The van der Waals surface area contributed by atoms with E-state index < -0.39 is 0 Å². The number of hydrogen-bond donors (Lipinski definition) is 1. The summed E-state index contributed by atoms with van der Waals surface area (Å²) in [5.74, 6) is -0.0694. The van der Waals surface area contributed by atoms with Crippen molar-refractivity contribution in [2.24, 2.45) is 4.99 Å². The van der Waals surface area contributed by atoms with E-state index in [9.17, 15) is 9.90 Å². The molecule has 0 spiro atoms. The van der Waals surface area contributed by atoms with Gasteiger partial charge in [-0.2, -0.15) is 0 Å². The first-order valence-electron chi connectivity index (χ1n) is 10.3. The molecule has 0 unspecified atom stereocenters. The third-order valence-electron chi connectivity index (χ3n) is 5.84. The SMILES string of the molecule is CCN1CCC[C@H]1CN=Cc1c(O)n(-c2ccc(C)cc2)c(=O)c2ccccc12. The minimum absolute atomic E-state index is 0.0694. The van der Waals surface area contributed by atoms with Gasteiger partial charge in [-0.3, -0.25) is 14.7 Å². The predicted octanol–water partition coefficient (Wildman–Crippen LogP) is 3.91. The minimum Gasteiger partial charge on any atom is -0.494 e. The zero-order valence-electron chi connectivity index (χ0n) is 17.0. The number of fused-ring (bicyclic) bond motifs is 1. The molecule has 1 aliphatic heterocycles. The van der Waals surface area contributed by atoms with E-state index in [1.54, 1.807) is 12.3 Å². The summed E-state index contributed by atoms with van der Waals surface area (Å²) >= 11 is 0. The third kappa shape index (κ3) is 3.70. The number of aromatic nitrogens is 1. The molecular weight excluding hydrogens is 362 g/mol. The smallest absolute Gasteiger partial charge is 0.265 e. The molecule has 0 aliphatic carbocycles. The normalized spacial score (nSPS) is 17.5. The highest BCUT2D eigenvalue weighted by Gasteiger charge is 2.22. The molecule has 5 heteroatoms. The second-order valence-electron chi connectivity index (χ2n) is 7.68. The Morgan fingerprint density at radius 1 is 1.14 bits per heavy atom. The first-order valence-corrected chi connectivity index (χ1v) is 10.3. The molecule has 1 fully saturated rings. The van der Waals surface area contributed by atoms with E-state index in [1.807, 2.05) is 49.4 Å². The maximum atomic E-state index is 13.1. The Kier molecular flexibility index (Phi) is 5.49. The molecule has 2 aromatic carbocycles. The van der Waals surface area contributed by atoms with Crippen molar-refractivity contribution in [1.82, 2.24) is 9.47 Å². The fraction of sp³-hybridized carbons (Fsp3) is 0.333. The summed E-state index contributed by atoms with van der Waals surface area (Å²) in [6.07, 6.45) is 4.09. The van der Waals surface area contributed by atoms with Crippen molar-refractivity contribution in [1.29, 1.82) is 0 Å². The van der Waals surface area contributed by atoms with E-state index in [2.05, 4.69) is 16.8 Å². The molecule has 1 aliphatic rings. The number of aliphatic imine (C=N–C) groups is 1. The quantitative estimate of drug-likeness (QED) is 0.673. The summed E-state index contributed by atoms with van der Waals surface area (Å²) < 4.78 is 1.37. The predicted molar refractivity (Wildman–Crippen MR) is 119 cm³/mol. The fourth-order valence-electron chi connectivity index (χ4n) is 4.21. The number of nitrogens with zero attached hydrogens (tertiary/aromatic N) is 3. The number of hydrogen-bond acceptors (Lipinski definition) is 4. The summed E-state index contributed by atoms with van der Waals surface area (Å²) in [6, 6.07) is 15.4. The summed E-state index contributed by atoms with van der Waals surface area (Å²) in [6.45, 7) is 7.04. The molecule has 0 bridgehead atoms. The highest BCUT2D eigenvalue weighted by Crippen LogP contribution is 2.26. The van der Waals surface area contributed by atoms with Crippen molar-refractivity contribution in [3.05, 3.63) is 70.0 Å². The van der Waals surface area contributed by atoms with Gasteiger partial charge in [0.2, 0.25) is 5.88 Å². The van der Waals surface area contributed by atoms with Crippen LogP contribution in [0.4, 0.5) is 0 Å². The Hall–Kier alpha value is -2.92. The van der Waals surface area contributed by atoms with E-state index in [-0.39, 0.29) is 11.4 Å². The van der Waals surface area contributed by atoms with E-state index >= 15 is 0 Å². The lowest BCUT2D eigenvalue weighted by Crippen LogP contribution is -2.31. The maximum Gasteiger partial charge on any atom is 0.265 e. The Morgan fingerprint density at radius 2 is 1.86 bits per heavy atom. The monoisotopic (exact) mass is 389 g/mol. The molecule has 1 N–H and O–H groups in total. The summed E-state index contributed by atoms with van der Waals surface area (Å²) in [5.41, 5.74) is 2.10. The molecule has 29 heavy (non-hydrogen) atoms. The average molecular weight is 389 g/mol. The third-order valence-corrected chi connectivity index (χ3v) is 5.84. The van der Waals surface area contributed by atoms with Crippen LogP contribution in [-0.2, 0) is 0 Å². The van der Waals surface area contributed by atoms with Gasteiger partial charge in [-0.25, -0.2) is 4.57 Å². The highest BCUT2D eigenvalue weighted by atomic mass is 16.3. The molecule has 150 valence electrons. The lowest BCUT2D eigenvalue weighted by atomic mass is 10.1. The van der Waals surface area contributed by atoms with Crippen molar-refractivity contribution in [2.45, 2.75) is 32.7 Å². The van der Waals surface area contributed by atoms with Gasteiger partial charge in [0.1, 0.15) is 0 Å². The molecule has 1 saturated heterocycles. The van der Waals surface area contributed by atoms with Crippen LogP contribution < -0.4 is 5.56 Å². The lowest BCUT2D eigenvalue weighted by Gasteiger charge is -2.20. The second-order valence-corrected chi connectivity index (χ2v) is 7.68. The maximum absolute atomic E-state index is 13.1. The zero-order chi connectivity index (χ0) is 20.4. The van der Waals surface area contributed by atoms with Gasteiger partial charge >= 0.3 is 0 Å². The van der Waals surface area contributed by atoms with Gasteiger partial charge in [0.25, 0.3) is 5.56 Å². The second kappa shape index (κ2) is 8.21. The standard InChI is InChI=1S/C24H27N3O2/c1-3-26-14-6-7-19(26)15-25-16-22-20-8-4-5-9-21(20)23(28)27(24(22)29)18-12-10-17(2)11-13-18/h4-5,8-13,16,19,29H,3,6-7,14-15H2,1-2H3/t19-/m0/s1. The Balaban J connectivity index is 1.79. The molecule has 5 nitrogen and oxygen atoms in total. The Labute approximate surface area is 170 Å². The zero-order valence-corrected chi connectivity index (χ0v) is 17.0. The molecule has 0 radical (unpaired) electrons. The summed E-state index contributed by atoms with van der Waals surface area (Å²) in [4.78, 5) is 20.2. The van der Waals surface area contributed by atoms with Gasteiger partial charge in [-0.1, -0.05) is 42.8 Å². The Bertz CT molecular complexity index is 1100. The van der Waals surface area contributed by atoms with Crippen LogP contribution in [0.3, 0.4) is 0 Å². The van der Waals surface area contributed by atoms with Crippen LogP contribution >= 0.6 is 0 Å². The first kappa shape index (κ1) is 19.4. The molecule has 0 saturated carbocycles. The van der Waals surface area contributed by atoms with Gasteiger partial charge in [0.15, 0.2) is 0 Å². The molecule has 1 aromatic heterocycles. The van der Waals surface area contributed by atoms with Crippen LogP contribution in [0.15, 0.2) is 58.3 Å². The van der Waals surface area contributed by atoms with Crippen LogP contribution in [0.25, 0.3) is 16.5 Å². The highest BCUT2D eigenvalue weighted by molar-refractivity contribution is 6.01. The number of likely N-dealkylation sites (tertiary alicyclic amines) is 1. The van der Waals surface area contributed by atoms with Gasteiger partial charge in [0.05, 0.1) is 17.8 Å². The molecule has 2 heterocycles. The van der Waals surface area contributed by atoms with E-state index in [0.29, 0.717) is 29.2 Å². The van der Waals surface area contributed by atoms with Gasteiger partial charge < -0.3 is 5.11 Å². The number of pyridine rings is 1. The molecule has 0 amide bonds. The van der Waals surface area contributed by atoms with Crippen LogP contribution in [-0.4, -0.2) is 46.5 Å². The number of rotatable bonds is 5. The van der Waals surface area contributed by atoms with Crippen LogP contribution in [0.1, 0.15) is 30.9 Å². The lowest BCUT2D eigenvalue weighted by molar-refractivity contribution is 0.273. The van der Waals surface area contributed by atoms with Crippen molar-refractivity contribution >= 4 is 17.0 Å². The van der Waals surface area contributed by atoms with Crippen molar-refractivity contribution in [3.8, 4) is 11.6 Å². The largest absolute Gasteiger partial charge is 0.494 e. The fourth-order valence-corrected chi connectivity index (χ4v) is 4.21. The van der Waals surface area contributed by atoms with E-state index in [1.165, 1.54) is 11.0 Å². The first-order chi connectivity index (χ1) is 14.1. The number of benzene rings is 2. The molecule has 4 rings (SSSR count). The number of aryl methyl sites for hydroxylation is 1. The Morgan fingerprint density at radius 3 is 2.59 bits per heavy atom. The van der Waals surface area contributed by atoms with E-state index in [0.717, 1.165) is 30.5 Å². The minimum atomic E-state index is -0.230. The van der Waals surface area contributed by atoms with Crippen LogP contribution in [0, 0.1) is 6.92 Å². The van der Waals surface area contributed by atoms with Crippen molar-refractivity contribution in [3.63, 3.8) is 0 Å². The average Bonchev–Trinajstić information content (AvgIpc) is 3.19. The van der Waals surface area contributed by atoms with Gasteiger partial charge in [-0.15, -0.1) is 0 Å². The number of likely N-dealkylation sites (N-methyl/N-ethyl adjacent to an activating group) is 1. The van der Waals surface area contributed by atoms with Gasteiger partial charge in [0, 0.05) is 23.0 Å². The molecule has 1 atom stereocenters. The molecular formula is C24H27N3O2. The van der Waals surface area contributed by atoms with Crippen LogP contribution in [0.5, 0.6) is 5.88 Å². The van der Waals surface area contributed by atoms with E-state index in [4.69, 9.17) is 0 Å². The van der Waals surface area contributed by atoms with Crippen LogP contribution in [0.2, 0.25) is 0 Å². The molecule has 3 aromatic rings. The summed E-state index contributed by atoms with van der Waals surface area (Å²) in [7, 11) is 0. The van der Waals surface area contributed by atoms with Crippen molar-refractivity contribution < 1.29 is 5.11 Å². The summed E-state index contributed by atoms with van der Waals surface area (Å²) in [5, 5.41) is 12.3. The van der Waals surface area contributed by atoms with Gasteiger partial charge in [-0.05, 0) is 51.1 Å². The topological polar surface area (TPSA) is 57.8 Å². The number of aromatic hydroxyl groups is 1.